The zero-order chi connectivity index (χ0) is 14.7. The van der Waals surface area contributed by atoms with Crippen LogP contribution in [0, 0.1) is 17.5 Å². The summed E-state index contributed by atoms with van der Waals surface area (Å²) in [6.07, 6.45) is 0.253. The minimum absolute atomic E-state index is 0.206. The molecule has 0 radical (unpaired) electrons. The van der Waals surface area contributed by atoms with Gasteiger partial charge in [0.25, 0.3) is 5.91 Å². The van der Waals surface area contributed by atoms with E-state index in [9.17, 15) is 18.0 Å². The molecule has 1 atom stereocenters. The highest BCUT2D eigenvalue weighted by Crippen LogP contribution is 2.17. The number of carbonyl (C=O) groups excluding carboxylic acids is 1. The number of benzene rings is 1. The van der Waals surface area contributed by atoms with E-state index in [0.29, 0.717) is 6.07 Å². The quantitative estimate of drug-likeness (QED) is 0.683. The molecular formula is C12H13F3N2OS. The Bertz CT molecular complexity index is 522. The number of amides is 1. The highest BCUT2D eigenvalue weighted by Gasteiger charge is 2.24. The first-order valence-electron chi connectivity index (χ1n) is 5.44. The number of hydrogen-bond acceptors (Lipinski definition) is 2. The molecule has 0 saturated heterocycles. The molecule has 0 fully saturated rings. The number of nitrogens with two attached hydrogens (primary N) is 1. The number of hydrogen-bond donors (Lipinski definition) is 1. The lowest BCUT2D eigenvalue weighted by molar-refractivity contribution is 0.0742. The maximum Gasteiger partial charge on any atom is 0.256 e. The smallest absolute Gasteiger partial charge is 0.256 e. The van der Waals surface area contributed by atoms with Crippen LogP contribution in [0.3, 0.4) is 0 Å². The normalized spacial score (nSPS) is 12.1. The van der Waals surface area contributed by atoms with Crippen molar-refractivity contribution in [3.63, 3.8) is 0 Å². The van der Waals surface area contributed by atoms with Gasteiger partial charge in [-0.3, -0.25) is 4.79 Å². The van der Waals surface area contributed by atoms with Crippen molar-refractivity contribution in [1.29, 1.82) is 0 Å². The van der Waals surface area contributed by atoms with Gasteiger partial charge in [-0.2, -0.15) is 0 Å². The van der Waals surface area contributed by atoms with E-state index >= 15 is 0 Å². The third-order valence-corrected chi connectivity index (χ3v) is 2.91. The molecule has 0 saturated carbocycles. The monoisotopic (exact) mass is 290 g/mol. The molecule has 0 aliphatic carbocycles. The summed E-state index contributed by atoms with van der Waals surface area (Å²) in [4.78, 5) is 13.3. The number of rotatable bonds is 4. The molecule has 0 heterocycles. The molecule has 0 aromatic heterocycles. The maximum atomic E-state index is 13.5. The fourth-order valence-corrected chi connectivity index (χ4v) is 1.75. The third kappa shape index (κ3) is 3.44. The molecule has 19 heavy (non-hydrogen) atoms. The fraction of sp³-hybridized carbons (Fsp3) is 0.333. The van der Waals surface area contributed by atoms with Crippen LogP contribution in [0.25, 0.3) is 0 Å². The van der Waals surface area contributed by atoms with Crippen molar-refractivity contribution in [1.82, 2.24) is 4.90 Å². The van der Waals surface area contributed by atoms with Gasteiger partial charge in [-0.15, -0.1) is 0 Å². The van der Waals surface area contributed by atoms with Crippen LogP contribution in [0.4, 0.5) is 13.2 Å². The molecule has 0 bridgehead atoms. The van der Waals surface area contributed by atoms with Crippen LogP contribution in [0.2, 0.25) is 0 Å². The zero-order valence-electron chi connectivity index (χ0n) is 10.4. The molecular weight excluding hydrogens is 277 g/mol. The van der Waals surface area contributed by atoms with Gasteiger partial charge in [0.2, 0.25) is 0 Å². The summed E-state index contributed by atoms with van der Waals surface area (Å²) >= 11 is 4.71. The minimum atomic E-state index is -1.67. The molecule has 104 valence electrons. The molecule has 7 heteroatoms. The Kier molecular flexibility index (Phi) is 4.88. The largest absolute Gasteiger partial charge is 0.393 e. The SMILES string of the molecule is CC(CC(N)=S)N(C)C(=O)c1ccc(F)c(F)c1F. The molecule has 0 aliphatic rings. The molecule has 0 spiro atoms. The van der Waals surface area contributed by atoms with Gasteiger partial charge in [-0.1, -0.05) is 12.2 Å². The van der Waals surface area contributed by atoms with Crippen LogP contribution in [-0.4, -0.2) is 28.9 Å². The van der Waals surface area contributed by atoms with Gasteiger partial charge in [0.05, 0.1) is 10.6 Å². The second-order valence-corrected chi connectivity index (χ2v) is 4.68. The molecule has 1 aromatic rings. The van der Waals surface area contributed by atoms with Crippen LogP contribution >= 0.6 is 12.2 Å². The Balaban J connectivity index is 3.01. The second-order valence-electron chi connectivity index (χ2n) is 4.16. The molecule has 3 nitrogen and oxygen atoms in total. The third-order valence-electron chi connectivity index (χ3n) is 2.74. The van der Waals surface area contributed by atoms with E-state index in [1.165, 1.54) is 11.9 Å². The van der Waals surface area contributed by atoms with Crippen molar-refractivity contribution in [2.45, 2.75) is 19.4 Å². The molecule has 1 rings (SSSR count). The first kappa shape index (κ1) is 15.4. The van der Waals surface area contributed by atoms with Gasteiger partial charge < -0.3 is 10.6 Å². The summed E-state index contributed by atoms with van der Waals surface area (Å²) in [5.41, 5.74) is 4.82. The van der Waals surface area contributed by atoms with Crippen molar-refractivity contribution >= 4 is 23.1 Å². The molecule has 1 amide bonds. The summed E-state index contributed by atoms with van der Waals surface area (Å²) in [7, 11) is 1.41. The van der Waals surface area contributed by atoms with Gasteiger partial charge in [-0.05, 0) is 19.1 Å². The lowest BCUT2D eigenvalue weighted by atomic mass is 10.1. The van der Waals surface area contributed by atoms with Gasteiger partial charge in [0.1, 0.15) is 0 Å². The highest BCUT2D eigenvalue weighted by atomic mass is 32.1. The van der Waals surface area contributed by atoms with E-state index in [1.54, 1.807) is 6.92 Å². The fourth-order valence-electron chi connectivity index (χ4n) is 1.51. The van der Waals surface area contributed by atoms with Gasteiger partial charge in [0, 0.05) is 19.5 Å². The van der Waals surface area contributed by atoms with E-state index < -0.39 is 28.9 Å². The number of thiocarbonyl (C=S) groups is 1. The van der Waals surface area contributed by atoms with Gasteiger partial charge in [0.15, 0.2) is 17.5 Å². The minimum Gasteiger partial charge on any atom is -0.393 e. The summed E-state index contributed by atoms with van der Waals surface area (Å²) in [5, 5.41) is 0. The van der Waals surface area contributed by atoms with Gasteiger partial charge in [-0.25, -0.2) is 13.2 Å². The Morgan fingerprint density at radius 2 is 1.95 bits per heavy atom. The topological polar surface area (TPSA) is 46.3 Å². The van der Waals surface area contributed by atoms with Crippen LogP contribution < -0.4 is 5.73 Å². The van der Waals surface area contributed by atoms with Crippen molar-refractivity contribution in [3.05, 3.63) is 35.1 Å². The summed E-state index contributed by atoms with van der Waals surface area (Å²) in [5.74, 6) is -5.27. The van der Waals surface area contributed by atoms with Crippen LogP contribution in [0.1, 0.15) is 23.7 Å². The van der Waals surface area contributed by atoms with E-state index in [2.05, 4.69) is 0 Å². The summed E-state index contributed by atoms with van der Waals surface area (Å²) < 4.78 is 39.3. The zero-order valence-corrected chi connectivity index (χ0v) is 11.2. The predicted octanol–water partition coefficient (Wildman–Crippen LogP) is 2.24. The standard InChI is InChI=1S/C12H13F3N2OS/c1-6(5-9(16)19)17(2)12(18)7-3-4-8(13)11(15)10(7)14/h3-4,6H,5H2,1-2H3,(H2,16,19). The molecule has 1 unspecified atom stereocenters. The van der Waals surface area contributed by atoms with Crippen molar-refractivity contribution < 1.29 is 18.0 Å². The van der Waals surface area contributed by atoms with Gasteiger partial charge >= 0.3 is 0 Å². The van der Waals surface area contributed by atoms with E-state index in [-0.39, 0.29) is 17.5 Å². The summed E-state index contributed by atoms with van der Waals surface area (Å²) in [6, 6.07) is 1.23. The van der Waals surface area contributed by atoms with Crippen molar-refractivity contribution in [3.8, 4) is 0 Å². The Hall–Kier alpha value is -1.63. The Labute approximate surface area is 114 Å². The van der Waals surface area contributed by atoms with Crippen molar-refractivity contribution in [2.75, 3.05) is 7.05 Å². The average molecular weight is 290 g/mol. The highest BCUT2D eigenvalue weighted by molar-refractivity contribution is 7.80. The van der Waals surface area contributed by atoms with Crippen LogP contribution in [0.5, 0.6) is 0 Å². The molecule has 2 N–H and O–H groups in total. The Morgan fingerprint density at radius 1 is 1.37 bits per heavy atom. The van der Waals surface area contributed by atoms with Crippen LogP contribution in [0.15, 0.2) is 12.1 Å². The first-order chi connectivity index (χ1) is 8.75. The van der Waals surface area contributed by atoms with Crippen LogP contribution in [-0.2, 0) is 0 Å². The molecule has 1 aromatic carbocycles. The number of nitrogens with zero attached hydrogens (tertiary/aromatic N) is 1. The summed E-state index contributed by atoms with van der Waals surface area (Å²) in [6.45, 7) is 1.66. The van der Waals surface area contributed by atoms with E-state index in [1.807, 2.05) is 0 Å². The van der Waals surface area contributed by atoms with E-state index in [0.717, 1.165) is 6.07 Å². The van der Waals surface area contributed by atoms with Crippen molar-refractivity contribution in [2.24, 2.45) is 5.73 Å². The molecule has 0 aliphatic heterocycles. The predicted molar refractivity (Wildman–Crippen MR) is 69.3 cm³/mol. The maximum absolute atomic E-state index is 13.5. The van der Waals surface area contributed by atoms with E-state index in [4.69, 9.17) is 18.0 Å². The lowest BCUT2D eigenvalue weighted by Crippen LogP contribution is -2.37. The average Bonchev–Trinajstić information content (AvgIpc) is 2.33. The number of carbonyl (C=O) groups is 1. The first-order valence-corrected chi connectivity index (χ1v) is 5.85. The number of halogens is 3. The lowest BCUT2D eigenvalue weighted by Gasteiger charge is -2.24. The Morgan fingerprint density at radius 3 is 2.47 bits per heavy atom. The second kappa shape index (κ2) is 6.01.